The van der Waals surface area contributed by atoms with Gasteiger partial charge in [-0.15, -0.1) is 0 Å². The summed E-state index contributed by atoms with van der Waals surface area (Å²) >= 11 is 5.98. The molecule has 39 heavy (non-hydrogen) atoms. The smallest absolute Gasteiger partial charge is 0.410 e. The van der Waals surface area contributed by atoms with Crippen molar-refractivity contribution in [2.75, 3.05) is 20.3 Å². The normalized spacial score (nSPS) is 18.5. The number of amides is 2. The molecule has 2 amide bonds. The van der Waals surface area contributed by atoms with E-state index in [0.29, 0.717) is 49.0 Å². The molecule has 0 unspecified atom stereocenters. The molecule has 10 heteroatoms. The lowest BCUT2D eigenvalue weighted by molar-refractivity contribution is 0.0913. The Kier molecular flexibility index (Phi) is 6.74. The van der Waals surface area contributed by atoms with Crippen LogP contribution in [0.25, 0.3) is 22.2 Å². The molecule has 0 spiro atoms. The molecule has 0 aliphatic carbocycles. The lowest BCUT2D eigenvalue weighted by atomic mass is 10.0. The molecule has 2 saturated heterocycles. The number of halogens is 1. The van der Waals surface area contributed by atoms with Gasteiger partial charge < -0.3 is 29.4 Å². The van der Waals surface area contributed by atoms with E-state index in [-0.39, 0.29) is 35.6 Å². The van der Waals surface area contributed by atoms with Crippen LogP contribution in [0.4, 0.5) is 4.79 Å². The molecular formula is C29H27ClN4O5. The molecule has 2 aliphatic heterocycles. The number of nitrogens with zero attached hydrogens (tertiary/aromatic N) is 2. The van der Waals surface area contributed by atoms with Gasteiger partial charge in [0.25, 0.3) is 5.91 Å². The van der Waals surface area contributed by atoms with Crippen molar-refractivity contribution in [1.82, 2.24) is 20.2 Å². The van der Waals surface area contributed by atoms with Gasteiger partial charge in [-0.2, -0.15) is 0 Å². The summed E-state index contributed by atoms with van der Waals surface area (Å²) in [7, 11) is 1.49. The summed E-state index contributed by atoms with van der Waals surface area (Å²) in [6.45, 7) is 1.22. The molecule has 2 aliphatic rings. The van der Waals surface area contributed by atoms with Crippen LogP contribution in [0.2, 0.25) is 5.02 Å². The summed E-state index contributed by atoms with van der Waals surface area (Å²) in [6.07, 6.45) is 2.71. The zero-order valence-electron chi connectivity index (χ0n) is 21.3. The van der Waals surface area contributed by atoms with Gasteiger partial charge in [0, 0.05) is 54.3 Å². The van der Waals surface area contributed by atoms with E-state index < -0.39 is 0 Å². The first kappa shape index (κ1) is 25.1. The zero-order valence-corrected chi connectivity index (χ0v) is 22.0. The number of methoxy groups -OCH3 is 1. The molecule has 200 valence electrons. The molecule has 0 radical (unpaired) electrons. The predicted molar refractivity (Wildman–Crippen MR) is 146 cm³/mol. The largest absolute Gasteiger partial charge is 0.488 e. The first-order valence-electron chi connectivity index (χ1n) is 12.8. The van der Waals surface area contributed by atoms with Crippen LogP contribution in [0, 0.1) is 0 Å². The quantitative estimate of drug-likeness (QED) is 0.331. The molecule has 9 nitrogen and oxygen atoms in total. The van der Waals surface area contributed by atoms with Crippen molar-refractivity contribution in [3.05, 3.63) is 76.9 Å². The van der Waals surface area contributed by atoms with Crippen LogP contribution in [0.5, 0.6) is 11.6 Å². The van der Waals surface area contributed by atoms with Crippen molar-refractivity contribution in [3.63, 3.8) is 0 Å². The Bertz CT molecular complexity index is 1540. The highest BCUT2D eigenvalue weighted by molar-refractivity contribution is 6.30. The number of rotatable bonds is 7. The number of pyridine rings is 1. The summed E-state index contributed by atoms with van der Waals surface area (Å²) in [6, 6.07) is 16.9. The van der Waals surface area contributed by atoms with Crippen molar-refractivity contribution in [1.29, 1.82) is 0 Å². The van der Waals surface area contributed by atoms with Crippen molar-refractivity contribution in [3.8, 4) is 22.9 Å². The number of fused-ring (bicyclic) bond motifs is 2. The van der Waals surface area contributed by atoms with Gasteiger partial charge >= 0.3 is 6.09 Å². The highest BCUT2D eigenvalue weighted by Gasteiger charge is 2.39. The average molecular weight is 547 g/mol. The standard InChI is InChI=1S/C29H27ClN4O5/c1-37-28-23(27(35)32-15-17-2-6-20(30)7-3-17)14-25(39-22-9-11-34-21(13-22)16-38-29(34)36)26(33-28)19-5-4-18-8-10-31-24(18)12-19/h2-8,10,12,14,21-22,31H,9,11,13,15-16H2,1H3,(H,32,35)/t21-,22-/m0/s1. The number of aromatic nitrogens is 2. The van der Waals surface area contributed by atoms with E-state index in [0.717, 1.165) is 22.0 Å². The summed E-state index contributed by atoms with van der Waals surface area (Å²) in [5.74, 6) is 0.333. The second-order valence-corrected chi connectivity index (χ2v) is 10.1. The fraction of sp³-hybridized carbons (Fsp3) is 0.276. The van der Waals surface area contributed by atoms with E-state index in [2.05, 4.69) is 10.3 Å². The maximum atomic E-state index is 13.3. The lowest BCUT2D eigenvalue weighted by Gasteiger charge is -2.33. The number of aromatic amines is 1. The second-order valence-electron chi connectivity index (χ2n) is 9.67. The van der Waals surface area contributed by atoms with Gasteiger partial charge in [-0.05, 0) is 35.2 Å². The van der Waals surface area contributed by atoms with Crippen LogP contribution < -0.4 is 14.8 Å². The fourth-order valence-corrected chi connectivity index (χ4v) is 5.24. The number of hydrogen-bond donors (Lipinski definition) is 2. The van der Waals surface area contributed by atoms with E-state index >= 15 is 0 Å². The Hall–Kier alpha value is -4.24. The number of piperidine rings is 1. The first-order valence-corrected chi connectivity index (χ1v) is 13.2. The molecule has 2 aromatic heterocycles. The number of nitrogens with one attached hydrogen (secondary N) is 2. The average Bonchev–Trinajstić information content (AvgIpc) is 3.58. The van der Waals surface area contributed by atoms with Crippen molar-refractivity contribution < 1.29 is 23.8 Å². The van der Waals surface area contributed by atoms with Gasteiger partial charge in [0.05, 0.1) is 13.2 Å². The molecule has 0 bridgehead atoms. The monoisotopic (exact) mass is 546 g/mol. The van der Waals surface area contributed by atoms with Gasteiger partial charge in [-0.1, -0.05) is 35.9 Å². The van der Waals surface area contributed by atoms with E-state index in [9.17, 15) is 9.59 Å². The number of carbonyl (C=O) groups excluding carboxylic acids is 2. The lowest BCUT2D eigenvalue weighted by Crippen LogP contribution is -2.44. The van der Waals surface area contributed by atoms with E-state index in [4.69, 9.17) is 30.8 Å². The van der Waals surface area contributed by atoms with Crippen LogP contribution in [0.1, 0.15) is 28.8 Å². The molecular weight excluding hydrogens is 520 g/mol. The Morgan fingerprint density at radius 2 is 2.05 bits per heavy atom. The fourth-order valence-electron chi connectivity index (χ4n) is 5.12. The van der Waals surface area contributed by atoms with Gasteiger partial charge in [0.1, 0.15) is 29.7 Å². The molecule has 0 saturated carbocycles. The topological polar surface area (TPSA) is 106 Å². The minimum atomic E-state index is -0.338. The molecule has 2 atom stereocenters. The van der Waals surface area contributed by atoms with Gasteiger partial charge in [-0.25, -0.2) is 9.78 Å². The summed E-state index contributed by atoms with van der Waals surface area (Å²) in [4.78, 5) is 35.0. The van der Waals surface area contributed by atoms with Crippen LogP contribution in [-0.4, -0.2) is 59.3 Å². The molecule has 4 heterocycles. The van der Waals surface area contributed by atoms with E-state index in [1.165, 1.54) is 7.11 Å². The van der Waals surface area contributed by atoms with Crippen LogP contribution in [0.15, 0.2) is 60.8 Å². The van der Waals surface area contributed by atoms with E-state index in [1.807, 2.05) is 42.6 Å². The third-order valence-corrected chi connectivity index (χ3v) is 7.43. The number of carbonyl (C=O) groups is 2. The maximum absolute atomic E-state index is 13.3. The summed E-state index contributed by atoms with van der Waals surface area (Å²) in [5.41, 5.74) is 3.52. The number of cyclic esters (lactones) is 1. The molecule has 2 N–H and O–H groups in total. The maximum Gasteiger partial charge on any atom is 0.410 e. The first-order chi connectivity index (χ1) is 19.0. The van der Waals surface area contributed by atoms with E-state index in [1.54, 1.807) is 23.1 Å². The molecule has 4 aromatic rings. The van der Waals surface area contributed by atoms with Crippen LogP contribution >= 0.6 is 11.6 Å². The number of ether oxygens (including phenoxy) is 3. The number of hydrogen-bond acceptors (Lipinski definition) is 6. The third kappa shape index (κ3) is 5.09. The number of H-pyrrole nitrogens is 1. The summed E-state index contributed by atoms with van der Waals surface area (Å²) in [5, 5.41) is 4.64. The Morgan fingerprint density at radius 3 is 2.87 bits per heavy atom. The second kappa shape index (κ2) is 10.5. The highest BCUT2D eigenvalue weighted by Crippen LogP contribution is 2.37. The Morgan fingerprint density at radius 1 is 1.21 bits per heavy atom. The Labute approximate surface area is 230 Å². The zero-order chi connectivity index (χ0) is 26.9. The Balaban J connectivity index is 1.33. The number of benzene rings is 2. The van der Waals surface area contributed by atoms with Crippen molar-refractivity contribution in [2.24, 2.45) is 0 Å². The van der Waals surface area contributed by atoms with Gasteiger partial charge in [0.15, 0.2) is 0 Å². The SMILES string of the molecule is COc1nc(-c2ccc3cc[nH]c3c2)c(O[C@H]2CCN3C(=O)OC[C@@H]3C2)cc1C(=O)NCc1ccc(Cl)cc1. The van der Waals surface area contributed by atoms with Crippen LogP contribution in [-0.2, 0) is 11.3 Å². The minimum Gasteiger partial charge on any atom is -0.488 e. The molecule has 2 aromatic carbocycles. The minimum absolute atomic E-state index is 0.0247. The van der Waals surface area contributed by atoms with Gasteiger partial charge in [-0.3, -0.25) is 4.79 Å². The van der Waals surface area contributed by atoms with Crippen molar-refractivity contribution >= 4 is 34.5 Å². The third-order valence-electron chi connectivity index (χ3n) is 7.18. The summed E-state index contributed by atoms with van der Waals surface area (Å²) < 4.78 is 17.3. The molecule has 6 rings (SSSR count). The van der Waals surface area contributed by atoms with Gasteiger partial charge in [0.2, 0.25) is 5.88 Å². The predicted octanol–water partition coefficient (Wildman–Crippen LogP) is 5.18. The molecule has 2 fully saturated rings. The van der Waals surface area contributed by atoms with Crippen LogP contribution in [0.3, 0.4) is 0 Å². The highest BCUT2D eigenvalue weighted by atomic mass is 35.5. The van der Waals surface area contributed by atoms with Crippen molar-refractivity contribution in [2.45, 2.75) is 31.5 Å².